The first kappa shape index (κ1) is 13.4. The number of carbonyl (C=O) groups is 1. The zero-order valence-electron chi connectivity index (χ0n) is 10.9. The summed E-state index contributed by atoms with van der Waals surface area (Å²) in [5, 5.41) is 5.94. The van der Waals surface area contributed by atoms with Gasteiger partial charge in [0.15, 0.2) is 0 Å². The number of benzene rings is 1. The maximum absolute atomic E-state index is 11.4. The lowest BCUT2D eigenvalue weighted by molar-refractivity contribution is 0.0963. The Kier molecular flexibility index (Phi) is 3.99. The first-order valence-electron chi connectivity index (χ1n) is 5.79. The molecule has 0 atom stereocenters. The Balaban J connectivity index is 2.94. The van der Waals surface area contributed by atoms with E-state index in [0.717, 1.165) is 12.1 Å². The molecule has 4 nitrogen and oxygen atoms in total. The van der Waals surface area contributed by atoms with Crippen molar-refractivity contribution in [3.8, 4) is 0 Å². The van der Waals surface area contributed by atoms with Crippen molar-refractivity contribution >= 4 is 17.3 Å². The van der Waals surface area contributed by atoms with Gasteiger partial charge >= 0.3 is 0 Å². The standard InChI is InChI=1S/C13H21N3O/c1-5-13(2,3)16-11-7-6-9(8-10(11)14)12(17)15-4/h6-8,16H,5,14H2,1-4H3,(H,15,17). The Bertz CT molecular complexity index is 413. The number of amides is 1. The zero-order chi connectivity index (χ0) is 13.1. The molecule has 1 aromatic rings. The molecule has 0 bridgehead atoms. The number of anilines is 2. The van der Waals surface area contributed by atoms with Gasteiger partial charge in [-0.3, -0.25) is 4.79 Å². The van der Waals surface area contributed by atoms with Gasteiger partial charge in [-0.15, -0.1) is 0 Å². The highest BCUT2D eigenvalue weighted by molar-refractivity contribution is 5.95. The summed E-state index contributed by atoms with van der Waals surface area (Å²) in [5.41, 5.74) is 7.95. The van der Waals surface area contributed by atoms with Gasteiger partial charge in [0.25, 0.3) is 5.91 Å². The van der Waals surface area contributed by atoms with Crippen molar-refractivity contribution in [3.05, 3.63) is 23.8 Å². The van der Waals surface area contributed by atoms with E-state index in [9.17, 15) is 4.79 Å². The molecular formula is C13H21N3O. The van der Waals surface area contributed by atoms with Gasteiger partial charge in [-0.2, -0.15) is 0 Å². The molecule has 0 fully saturated rings. The molecule has 0 unspecified atom stereocenters. The van der Waals surface area contributed by atoms with Crippen molar-refractivity contribution in [1.29, 1.82) is 0 Å². The summed E-state index contributed by atoms with van der Waals surface area (Å²) < 4.78 is 0. The minimum Gasteiger partial charge on any atom is -0.397 e. The highest BCUT2D eigenvalue weighted by Gasteiger charge is 2.16. The lowest BCUT2D eigenvalue weighted by Crippen LogP contribution is -2.30. The molecule has 0 radical (unpaired) electrons. The summed E-state index contributed by atoms with van der Waals surface area (Å²) in [4.78, 5) is 11.4. The molecule has 4 heteroatoms. The fourth-order valence-electron chi connectivity index (χ4n) is 1.42. The van der Waals surface area contributed by atoms with Gasteiger partial charge in [-0.05, 0) is 38.5 Å². The third-order valence-electron chi connectivity index (χ3n) is 2.90. The first-order valence-corrected chi connectivity index (χ1v) is 5.79. The normalized spacial score (nSPS) is 11.1. The average molecular weight is 235 g/mol. The molecule has 0 aliphatic carbocycles. The molecule has 0 spiro atoms. The van der Waals surface area contributed by atoms with E-state index in [1.165, 1.54) is 0 Å². The van der Waals surface area contributed by atoms with Crippen LogP contribution in [-0.2, 0) is 0 Å². The third-order valence-corrected chi connectivity index (χ3v) is 2.90. The second-order valence-corrected chi connectivity index (χ2v) is 4.74. The predicted octanol–water partition coefficient (Wildman–Crippen LogP) is 2.23. The Morgan fingerprint density at radius 2 is 2.06 bits per heavy atom. The van der Waals surface area contributed by atoms with Crippen LogP contribution in [0.2, 0.25) is 0 Å². The molecule has 94 valence electrons. The maximum Gasteiger partial charge on any atom is 0.251 e. The van der Waals surface area contributed by atoms with E-state index in [0.29, 0.717) is 11.3 Å². The largest absolute Gasteiger partial charge is 0.397 e. The van der Waals surface area contributed by atoms with Crippen LogP contribution in [0.15, 0.2) is 18.2 Å². The minimum atomic E-state index is -0.127. The van der Waals surface area contributed by atoms with E-state index in [1.807, 2.05) is 6.07 Å². The van der Waals surface area contributed by atoms with Crippen LogP contribution in [0.5, 0.6) is 0 Å². The van der Waals surface area contributed by atoms with Crippen LogP contribution in [0, 0.1) is 0 Å². The van der Waals surface area contributed by atoms with Gasteiger partial charge in [0.2, 0.25) is 0 Å². The monoisotopic (exact) mass is 235 g/mol. The van der Waals surface area contributed by atoms with Crippen molar-refractivity contribution in [2.45, 2.75) is 32.7 Å². The summed E-state index contributed by atoms with van der Waals surface area (Å²) in [6.07, 6.45) is 0.990. The molecule has 0 aromatic heterocycles. The van der Waals surface area contributed by atoms with Crippen LogP contribution in [-0.4, -0.2) is 18.5 Å². The fraction of sp³-hybridized carbons (Fsp3) is 0.462. The summed E-state index contributed by atoms with van der Waals surface area (Å²) in [6.45, 7) is 6.33. The lowest BCUT2D eigenvalue weighted by atomic mass is 10.0. The molecule has 1 aromatic carbocycles. The number of hydrogen-bond donors (Lipinski definition) is 3. The number of nitrogens with two attached hydrogens (primary N) is 1. The summed E-state index contributed by atoms with van der Waals surface area (Å²) in [6, 6.07) is 5.30. The van der Waals surface area contributed by atoms with E-state index in [2.05, 4.69) is 31.4 Å². The molecule has 1 rings (SSSR count). The summed E-state index contributed by atoms with van der Waals surface area (Å²) in [5.74, 6) is -0.127. The van der Waals surface area contributed by atoms with Crippen molar-refractivity contribution < 1.29 is 4.79 Å². The topological polar surface area (TPSA) is 67.2 Å². The maximum atomic E-state index is 11.4. The SMILES string of the molecule is CCC(C)(C)Nc1ccc(C(=O)NC)cc1N. The second kappa shape index (κ2) is 5.08. The van der Waals surface area contributed by atoms with E-state index in [-0.39, 0.29) is 11.4 Å². The van der Waals surface area contributed by atoms with Gasteiger partial charge in [0.1, 0.15) is 0 Å². The summed E-state index contributed by atoms with van der Waals surface area (Å²) >= 11 is 0. The smallest absolute Gasteiger partial charge is 0.251 e. The van der Waals surface area contributed by atoms with Crippen LogP contribution >= 0.6 is 0 Å². The van der Waals surface area contributed by atoms with Gasteiger partial charge in [-0.1, -0.05) is 6.92 Å². The molecule has 0 saturated heterocycles. The number of nitrogens with one attached hydrogen (secondary N) is 2. The molecule has 4 N–H and O–H groups in total. The van der Waals surface area contributed by atoms with Crippen molar-refractivity contribution in [3.63, 3.8) is 0 Å². The Hall–Kier alpha value is -1.71. The molecule has 17 heavy (non-hydrogen) atoms. The Morgan fingerprint density at radius 1 is 1.41 bits per heavy atom. The lowest BCUT2D eigenvalue weighted by Gasteiger charge is -2.26. The van der Waals surface area contributed by atoms with Crippen LogP contribution in [0.3, 0.4) is 0 Å². The molecule has 1 amide bonds. The number of nitrogen functional groups attached to an aromatic ring is 1. The second-order valence-electron chi connectivity index (χ2n) is 4.74. The third kappa shape index (κ3) is 3.37. The molecule has 0 heterocycles. The van der Waals surface area contributed by atoms with Crippen LogP contribution in [0.1, 0.15) is 37.6 Å². The van der Waals surface area contributed by atoms with Gasteiger partial charge < -0.3 is 16.4 Å². The van der Waals surface area contributed by atoms with Gasteiger partial charge in [0, 0.05) is 18.2 Å². The van der Waals surface area contributed by atoms with E-state index in [1.54, 1.807) is 19.2 Å². The van der Waals surface area contributed by atoms with E-state index >= 15 is 0 Å². The van der Waals surface area contributed by atoms with E-state index in [4.69, 9.17) is 5.73 Å². The number of carbonyl (C=O) groups excluding carboxylic acids is 1. The van der Waals surface area contributed by atoms with Gasteiger partial charge in [0.05, 0.1) is 11.4 Å². The Morgan fingerprint density at radius 3 is 2.53 bits per heavy atom. The highest BCUT2D eigenvalue weighted by atomic mass is 16.1. The fourth-order valence-corrected chi connectivity index (χ4v) is 1.42. The molecule has 0 aliphatic rings. The highest BCUT2D eigenvalue weighted by Crippen LogP contribution is 2.24. The molecule has 0 aliphatic heterocycles. The average Bonchev–Trinajstić information content (AvgIpc) is 2.30. The van der Waals surface area contributed by atoms with Crippen molar-refractivity contribution in [2.75, 3.05) is 18.1 Å². The first-order chi connectivity index (χ1) is 7.89. The van der Waals surface area contributed by atoms with Gasteiger partial charge in [-0.25, -0.2) is 0 Å². The molecule has 0 saturated carbocycles. The van der Waals surface area contributed by atoms with Crippen molar-refractivity contribution in [1.82, 2.24) is 5.32 Å². The number of rotatable bonds is 4. The van der Waals surface area contributed by atoms with Crippen molar-refractivity contribution in [2.24, 2.45) is 0 Å². The van der Waals surface area contributed by atoms with E-state index < -0.39 is 0 Å². The molecular weight excluding hydrogens is 214 g/mol. The summed E-state index contributed by atoms with van der Waals surface area (Å²) in [7, 11) is 1.60. The predicted molar refractivity (Wildman–Crippen MR) is 72.2 cm³/mol. The van der Waals surface area contributed by atoms with Crippen LogP contribution in [0.4, 0.5) is 11.4 Å². The number of hydrogen-bond acceptors (Lipinski definition) is 3. The zero-order valence-corrected chi connectivity index (χ0v) is 10.9. The quantitative estimate of drug-likeness (QED) is 0.701. The minimum absolute atomic E-state index is 0.0113. The Labute approximate surface area is 103 Å². The van der Waals surface area contributed by atoms with Crippen LogP contribution < -0.4 is 16.4 Å². The van der Waals surface area contributed by atoms with Crippen LogP contribution in [0.25, 0.3) is 0 Å².